The Morgan fingerprint density at radius 3 is 2.30 bits per heavy atom. The molecular formula is C8H16S2. The average molecular weight is 176 g/mol. The molecule has 1 saturated heterocycles. The van der Waals surface area contributed by atoms with Crippen LogP contribution in [0.4, 0.5) is 0 Å². The van der Waals surface area contributed by atoms with Gasteiger partial charge in [-0.2, -0.15) is 23.5 Å². The second kappa shape index (κ2) is 5.36. The molecule has 0 aliphatic carbocycles. The summed E-state index contributed by atoms with van der Waals surface area (Å²) in [6, 6.07) is 0. The van der Waals surface area contributed by atoms with Crippen LogP contribution >= 0.6 is 23.5 Å². The molecule has 0 nitrogen and oxygen atoms in total. The predicted molar refractivity (Wildman–Crippen MR) is 53.0 cm³/mol. The van der Waals surface area contributed by atoms with Crippen molar-refractivity contribution in [2.45, 2.75) is 19.8 Å². The Kier molecular flexibility index (Phi) is 4.72. The Hall–Kier alpha value is 0.700. The Labute approximate surface area is 72.5 Å². The van der Waals surface area contributed by atoms with Crippen molar-refractivity contribution in [1.82, 2.24) is 0 Å². The van der Waals surface area contributed by atoms with Crippen molar-refractivity contribution in [2.75, 3.05) is 23.0 Å². The van der Waals surface area contributed by atoms with E-state index in [2.05, 4.69) is 30.4 Å². The highest BCUT2D eigenvalue weighted by molar-refractivity contribution is 8.03. The molecule has 0 aromatic heterocycles. The van der Waals surface area contributed by atoms with Crippen LogP contribution in [0.2, 0.25) is 0 Å². The van der Waals surface area contributed by atoms with E-state index in [0.29, 0.717) is 0 Å². The monoisotopic (exact) mass is 176 g/mol. The molecule has 1 fully saturated rings. The van der Waals surface area contributed by atoms with Crippen LogP contribution < -0.4 is 0 Å². The van der Waals surface area contributed by atoms with Gasteiger partial charge in [0.2, 0.25) is 0 Å². The molecule has 60 valence electrons. The first-order valence-corrected chi connectivity index (χ1v) is 6.40. The summed E-state index contributed by atoms with van der Waals surface area (Å²) in [6.07, 6.45) is 2.81. The van der Waals surface area contributed by atoms with Crippen molar-refractivity contribution < 1.29 is 0 Å². The summed E-state index contributed by atoms with van der Waals surface area (Å²) in [5.74, 6) is 6.61. The normalized spacial score (nSPS) is 22.5. The summed E-state index contributed by atoms with van der Waals surface area (Å²) in [4.78, 5) is 0. The molecule has 1 aliphatic heterocycles. The zero-order valence-corrected chi connectivity index (χ0v) is 8.27. The van der Waals surface area contributed by atoms with Gasteiger partial charge in [-0.15, -0.1) is 0 Å². The lowest BCUT2D eigenvalue weighted by Crippen LogP contribution is -2.04. The maximum atomic E-state index is 2.29. The summed E-state index contributed by atoms with van der Waals surface area (Å²) in [7, 11) is 0. The van der Waals surface area contributed by atoms with Crippen LogP contribution in [0.25, 0.3) is 0 Å². The van der Waals surface area contributed by atoms with Gasteiger partial charge in [0.15, 0.2) is 0 Å². The first kappa shape index (κ1) is 8.79. The highest BCUT2D eigenvalue weighted by atomic mass is 32.2. The van der Waals surface area contributed by atoms with E-state index in [1.165, 1.54) is 35.9 Å². The molecule has 1 aliphatic rings. The van der Waals surface area contributed by atoms with Gasteiger partial charge in [-0.25, -0.2) is 0 Å². The number of thioether (sulfide) groups is 2. The maximum absolute atomic E-state index is 2.29. The minimum atomic E-state index is 1.02. The zero-order valence-electron chi connectivity index (χ0n) is 6.64. The summed E-state index contributed by atoms with van der Waals surface area (Å²) in [5.41, 5.74) is 0. The van der Waals surface area contributed by atoms with Crippen LogP contribution in [-0.2, 0) is 0 Å². The lowest BCUT2D eigenvalue weighted by atomic mass is 10.1. The largest absolute Gasteiger partial charge is 0.161 e. The van der Waals surface area contributed by atoms with Crippen LogP contribution in [0.1, 0.15) is 19.8 Å². The van der Waals surface area contributed by atoms with Gasteiger partial charge in [0, 0.05) is 11.5 Å². The van der Waals surface area contributed by atoms with Gasteiger partial charge in [-0.05, 0) is 23.8 Å². The number of rotatable bonds is 2. The first-order valence-electron chi connectivity index (χ1n) is 4.09. The molecule has 0 radical (unpaired) electrons. The van der Waals surface area contributed by atoms with Crippen molar-refractivity contribution in [1.29, 1.82) is 0 Å². The minimum Gasteiger partial charge on any atom is -0.161 e. The number of hydrogen-bond donors (Lipinski definition) is 0. The summed E-state index contributed by atoms with van der Waals surface area (Å²) in [5, 5.41) is 0. The molecule has 0 N–H and O–H groups in total. The average Bonchev–Trinajstić information content (AvgIpc) is 2.17. The van der Waals surface area contributed by atoms with Crippen LogP contribution in [0.5, 0.6) is 0 Å². The second-order valence-corrected chi connectivity index (χ2v) is 5.10. The Morgan fingerprint density at radius 1 is 1.20 bits per heavy atom. The fourth-order valence-corrected chi connectivity index (χ4v) is 3.90. The molecular weight excluding hydrogens is 160 g/mol. The lowest BCUT2D eigenvalue weighted by molar-refractivity contribution is 0.595. The van der Waals surface area contributed by atoms with Gasteiger partial charge >= 0.3 is 0 Å². The molecule has 0 aromatic rings. The van der Waals surface area contributed by atoms with Crippen molar-refractivity contribution in [3.8, 4) is 0 Å². The fraction of sp³-hybridized carbons (Fsp3) is 1.00. The molecule has 0 atom stereocenters. The Balaban J connectivity index is 2.15. The van der Waals surface area contributed by atoms with E-state index >= 15 is 0 Å². The molecule has 0 unspecified atom stereocenters. The number of hydrogen-bond acceptors (Lipinski definition) is 2. The molecule has 1 heterocycles. The van der Waals surface area contributed by atoms with Gasteiger partial charge in [0.25, 0.3) is 0 Å². The third-order valence-corrected chi connectivity index (χ3v) is 4.43. The molecule has 0 amide bonds. The van der Waals surface area contributed by atoms with E-state index in [1.54, 1.807) is 0 Å². The molecule has 2 heteroatoms. The van der Waals surface area contributed by atoms with Crippen LogP contribution in [0, 0.1) is 5.92 Å². The maximum Gasteiger partial charge on any atom is 0.00236 e. The van der Waals surface area contributed by atoms with Crippen molar-refractivity contribution in [3.63, 3.8) is 0 Å². The quantitative estimate of drug-likeness (QED) is 0.634. The molecule has 10 heavy (non-hydrogen) atoms. The van der Waals surface area contributed by atoms with Crippen molar-refractivity contribution in [2.24, 2.45) is 5.92 Å². The SMILES string of the molecule is CCCC1CSCCSC1. The third-order valence-electron chi connectivity index (χ3n) is 1.78. The van der Waals surface area contributed by atoms with E-state index in [-0.39, 0.29) is 0 Å². The Morgan fingerprint density at radius 2 is 1.80 bits per heavy atom. The third kappa shape index (κ3) is 3.20. The van der Waals surface area contributed by atoms with Gasteiger partial charge in [0.05, 0.1) is 0 Å². The molecule has 0 bridgehead atoms. The van der Waals surface area contributed by atoms with Crippen LogP contribution in [0.3, 0.4) is 0 Å². The van der Waals surface area contributed by atoms with Gasteiger partial charge in [-0.3, -0.25) is 0 Å². The molecule has 0 spiro atoms. The molecule has 0 saturated carbocycles. The van der Waals surface area contributed by atoms with Gasteiger partial charge in [0.1, 0.15) is 0 Å². The van der Waals surface area contributed by atoms with Crippen LogP contribution in [0.15, 0.2) is 0 Å². The summed E-state index contributed by atoms with van der Waals surface area (Å²) >= 11 is 4.29. The summed E-state index contributed by atoms with van der Waals surface area (Å²) < 4.78 is 0. The standard InChI is InChI=1S/C8H16S2/c1-2-3-8-6-9-4-5-10-7-8/h8H,2-7H2,1H3. The Bertz CT molecular complexity index is 75.3. The topological polar surface area (TPSA) is 0 Å². The van der Waals surface area contributed by atoms with Crippen molar-refractivity contribution >= 4 is 23.5 Å². The van der Waals surface area contributed by atoms with E-state index in [4.69, 9.17) is 0 Å². The lowest BCUT2D eigenvalue weighted by Gasteiger charge is -2.09. The predicted octanol–water partition coefficient (Wildman–Crippen LogP) is 2.88. The van der Waals surface area contributed by atoms with E-state index in [0.717, 1.165) is 5.92 Å². The molecule has 1 rings (SSSR count). The van der Waals surface area contributed by atoms with Gasteiger partial charge in [-0.1, -0.05) is 13.3 Å². The second-order valence-electron chi connectivity index (χ2n) is 2.80. The zero-order chi connectivity index (χ0) is 7.23. The first-order chi connectivity index (χ1) is 4.93. The highest BCUT2D eigenvalue weighted by Crippen LogP contribution is 2.23. The van der Waals surface area contributed by atoms with E-state index < -0.39 is 0 Å². The fourth-order valence-electron chi connectivity index (χ4n) is 1.24. The smallest absolute Gasteiger partial charge is 0.00236 e. The highest BCUT2D eigenvalue weighted by Gasteiger charge is 2.10. The van der Waals surface area contributed by atoms with E-state index in [9.17, 15) is 0 Å². The van der Waals surface area contributed by atoms with Crippen LogP contribution in [-0.4, -0.2) is 23.0 Å². The minimum absolute atomic E-state index is 1.02. The van der Waals surface area contributed by atoms with E-state index in [1.807, 2.05) is 0 Å². The van der Waals surface area contributed by atoms with Gasteiger partial charge < -0.3 is 0 Å². The molecule has 0 aromatic carbocycles. The summed E-state index contributed by atoms with van der Waals surface area (Å²) in [6.45, 7) is 2.29. The van der Waals surface area contributed by atoms with Crippen molar-refractivity contribution in [3.05, 3.63) is 0 Å².